The van der Waals surface area contributed by atoms with Crippen molar-refractivity contribution in [3.63, 3.8) is 0 Å². The fourth-order valence-electron chi connectivity index (χ4n) is 1.99. The molecule has 0 aliphatic carbocycles. The summed E-state index contributed by atoms with van der Waals surface area (Å²) in [5.74, 6) is -0.758. The number of nitrogens with one attached hydrogen (secondary N) is 2. The maximum absolute atomic E-state index is 11.7. The van der Waals surface area contributed by atoms with E-state index in [2.05, 4.69) is 15.4 Å². The van der Waals surface area contributed by atoms with Gasteiger partial charge in [-0.1, -0.05) is 36.4 Å². The highest BCUT2D eigenvalue weighted by Gasteiger charge is 2.09. The van der Waals surface area contributed by atoms with Crippen molar-refractivity contribution in [2.45, 2.75) is 12.8 Å². The van der Waals surface area contributed by atoms with Crippen LogP contribution in [0.25, 0.3) is 10.8 Å². The molecular weight excluding hydrogens is 300 g/mol. The predicted molar refractivity (Wildman–Crippen MR) is 89.6 cm³/mol. The van der Waals surface area contributed by atoms with Crippen LogP contribution in [0.3, 0.4) is 0 Å². The molecule has 0 heterocycles. The van der Waals surface area contributed by atoms with Gasteiger partial charge in [-0.25, -0.2) is 0 Å². The predicted octanol–water partition coefficient (Wildman–Crippen LogP) is 2.61. The second kappa shape index (κ2) is 7.51. The molecule has 0 saturated carbocycles. The molecule has 2 aromatic rings. The molecule has 0 unspecified atom stereocenters. The van der Waals surface area contributed by atoms with E-state index in [1.165, 1.54) is 7.11 Å². The summed E-state index contributed by atoms with van der Waals surface area (Å²) < 4.78 is 4.48. The van der Waals surface area contributed by atoms with Crippen LogP contribution in [0.1, 0.15) is 12.8 Å². The molecule has 2 aromatic carbocycles. The molecule has 2 rings (SSSR count). The minimum absolute atomic E-state index is 0.0270. The molecule has 0 aliphatic heterocycles. The smallest absolute Gasteiger partial charge is 0.306 e. The Morgan fingerprint density at radius 1 is 1.09 bits per heavy atom. The average molecular weight is 316 g/mol. The minimum Gasteiger partial charge on any atom is -0.469 e. The summed E-state index contributed by atoms with van der Waals surface area (Å²) >= 11 is 5.12. The van der Waals surface area contributed by atoms with Gasteiger partial charge in [0.2, 0.25) is 5.91 Å². The van der Waals surface area contributed by atoms with Gasteiger partial charge in [-0.3, -0.25) is 9.59 Å². The maximum Gasteiger partial charge on any atom is 0.306 e. The summed E-state index contributed by atoms with van der Waals surface area (Å²) in [6.07, 6.45) is 0.0588. The Bertz CT molecular complexity index is 710. The van der Waals surface area contributed by atoms with Crippen LogP contribution in [-0.2, 0) is 14.3 Å². The highest BCUT2D eigenvalue weighted by molar-refractivity contribution is 7.80. The van der Waals surface area contributed by atoms with Gasteiger partial charge in [-0.15, -0.1) is 0 Å². The van der Waals surface area contributed by atoms with Crippen LogP contribution in [0.5, 0.6) is 0 Å². The topological polar surface area (TPSA) is 67.4 Å². The second-order valence-electron chi connectivity index (χ2n) is 4.61. The molecule has 0 fully saturated rings. The van der Waals surface area contributed by atoms with E-state index in [4.69, 9.17) is 12.2 Å². The van der Waals surface area contributed by atoms with Crippen LogP contribution < -0.4 is 10.6 Å². The van der Waals surface area contributed by atoms with Gasteiger partial charge >= 0.3 is 5.97 Å². The fraction of sp³-hybridized carbons (Fsp3) is 0.188. The molecule has 0 bridgehead atoms. The molecule has 0 radical (unpaired) electrons. The lowest BCUT2D eigenvalue weighted by Crippen LogP contribution is -2.34. The number of methoxy groups -OCH3 is 1. The van der Waals surface area contributed by atoms with Crippen molar-refractivity contribution in [1.29, 1.82) is 0 Å². The molecule has 0 atom stereocenters. The third-order valence-electron chi connectivity index (χ3n) is 3.07. The first-order valence-electron chi connectivity index (χ1n) is 6.75. The van der Waals surface area contributed by atoms with Crippen LogP contribution in [0.2, 0.25) is 0 Å². The first-order valence-corrected chi connectivity index (χ1v) is 7.16. The van der Waals surface area contributed by atoms with Crippen molar-refractivity contribution >= 4 is 45.7 Å². The van der Waals surface area contributed by atoms with Gasteiger partial charge in [0, 0.05) is 17.5 Å². The van der Waals surface area contributed by atoms with Crippen molar-refractivity contribution in [2.24, 2.45) is 0 Å². The monoisotopic (exact) mass is 316 g/mol. The lowest BCUT2D eigenvalue weighted by atomic mass is 10.1. The summed E-state index contributed by atoms with van der Waals surface area (Å²) in [4.78, 5) is 22.7. The Labute approximate surface area is 133 Å². The van der Waals surface area contributed by atoms with E-state index >= 15 is 0 Å². The number of amides is 1. The Kier molecular flexibility index (Phi) is 5.43. The van der Waals surface area contributed by atoms with Crippen LogP contribution >= 0.6 is 12.2 Å². The highest BCUT2D eigenvalue weighted by Crippen LogP contribution is 2.22. The first kappa shape index (κ1) is 15.9. The lowest BCUT2D eigenvalue weighted by Gasteiger charge is -2.11. The normalized spacial score (nSPS) is 10.0. The van der Waals surface area contributed by atoms with Crippen molar-refractivity contribution in [1.82, 2.24) is 5.32 Å². The number of hydrogen-bond donors (Lipinski definition) is 2. The van der Waals surface area contributed by atoms with Crippen LogP contribution in [-0.4, -0.2) is 24.1 Å². The number of thiocarbonyl (C=S) groups is 1. The molecule has 1 amide bonds. The summed E-state index contributed by atoms with van der Waals surface area (Å²) in [7, 11) is 1.28. The van der Waals surface area contributed by atoms with Crippen LogP contribution in [0.4, 0.5) is 5.69 Å². The first-order chi connectivity index (χ1) is 10.6. The summed E-state index contributed by atoms with van der Waals surface area (Å²) in [6.45, 7) is 0. The zero-order chi connectivity index (χ0) is 15.9. The van der Waals surface area contributed by atoms with Crippen molar-refractivity contribution < 1.29 is 14.3 Å². The number of ether oxygens (including phenoxy) is 1. The number of hydrogen-bond acceptors (Lipinski definition) is 4. The highest BCUT2D eigenvalue weighted by atomic mass is 32.1. The number of benzene rings is 2. The molecule has 5 nitrogen and oxygen atoms in total. The largest absolute Gasteiger partial charge is 0.469 e. The second-order valence-corrected chi connectivity index (χ2v) is 5.01. The average Bonchev–Trinajstić information content (AvgIpc) is 2.53. The van der Waals surface area contributed by atoms with E-state index in [1.807, 2.05) is 42.5 Å². The van der Waals surface area contributed by atoms with Gasteiger partial charge < -0.3 is 15.4 Å². The van der Waals surface area contributed by atoms with E-state index < -0.39 is 5.97 Å². The molecule has 114 valence electrons. The van der Waals surface area contributed by atoms with Crippen molar-refractivity contribution in [2.75, 3.05) is 12.4 Å². The molecule has 0 aromatic heterocycles. The number of carbonyl (C=O) groups is 2. The molecule has 0 spiro atoms. The number of rotatable bonds is 4. The quantitative estimate of drug-likeness (QED) is 0.670. The Morgan fingerprint density at radius 2 is 1.82 bits per heavy atom. The zero-order valence-corrected chi connectivity index (χ0v) is 12.9. The van der Waals surface area contributed by atoms with Crippen molar-refractivity contribution in [3.8, 4) is 0 Å². The van der Waals surface area contributed by atoms with Gasteiger partial charge in [0.1, 0.15) is 0 Å². The van der Waals surface area contributed by atoms with Gasteiger partial charge in [0.05, 0.1) is 13.5 Å². The fourth-order valence-corrected chi connectivity index (χ4v) is 2.22. The number of carbonyl (C=O) groups excluding carboxylic acids is 2. The standard InChI is InChI=1S/C16H16N2O3S/c1-21-15(20)10-9-14(19)18-16(22)17-13-8-4-6-11-5-2-3-7-12(11)13/h2-8H,9-10H2,1H3,(H2,17,18,19,22). The van der Waals surface area contributed by atoms with Crippen molar-refractivity contribution in [3.05, 3.63) is 42.5 Å². The van der Waals surface area contributed by atoms with Gasteiger partial charge in [-0.2, -0.15) is 0 Å². The van der Waals surface area contributed by atoms with Gasteiger partial charge in [0.15, 0.2) is 5.11 Å². The zero-order valence-electron chi connectivity index (χ0n) is 12.1. The van der Waals surface area contributed by atoms with E-state index in [-0.39, 0.29) is 23.9 Å². The molecule has 2 N–H and O–H groups in total. The van der Waals surface area contributed by atoms with Gasteiger partial charge in [0.25, 0.3) is 0 Å². The van der Waals surface area contributed by atoms with E-state index in [9.17, 15) is 9.59 Å². The van der Waals surface area contributed by atoms with Crippen LogP contribution in [0.15, 0.2) is 42.5 Å². The summed E-state index contributed by atoms with van der Waals surface area (Å²) in [6, 6.07) is 13.7. The van der Waals surface area contributed by atoms with Gasteiger partial charge in [-0.05, 0) is 23.7 Å². The number of fused-ring (bicyclic) bond motifs is 1. The summed E-state index contributed by atoms with van der Waals surface area (Å²) in [5.41, 5.74) is 0.816. The maximum atomic E-state index is 11.7. The molecule has 0 saturated heterocycles. The summed E-state index contributed by atoms with van der Waals surface area (Å²) in [5, 5.41) is 7.83. The third kappa shape index (κ3) is 4.26. The Balaban J connectivity index is 1.96. The van der Waals surface area contributed by atoms with E-state index in [0.29, 0.717) is 0 Å². The molecule has 0 aliphatic rings. The lowest BCUT2D eigenvalue weighted by molar-refractivity contribution is -0.142. The number of anilines is 1. The van der Waals surface area contributed by atoms with Crippen LogP contribution in [0, 0.1) is 0 Å². The number of esters is 1. The SMILES string of the molecule is COC(=O)CCC(=O)NC(=S)Nc1cccc2ccccc12. The molecule has 22 heavy (non-hydrogen) atoms. The minimum atomic E-state index is -0.428. The Hall–Kier alpha value is -2.47. The van der Waals surface area contributed by atoms with E-state index in [0.717, 1.165) is 16.5 Å². The third-order valence-corrected chi connectivity index (χ3v) is 3.28. The molecular formula is C16H16N2O3S. The van der Waals surface area contributed by atoms with E-state index in [1.54, 1.807) is 0 Å². The Morgan fingerprint density at radius 3 is 2.59 bits per heavy atom. The molecule has 6 heteroatoms.